The van der Waals surface area contributed by atoms with Crippen LogP contribution in [0.2, 0.25) is 0 Å². The van der Waals surface area contributed by atoms with E-state index in [1.165, 1.54) is 0 Å². The minimum Gasteiger partial charge on any atom is -0.475 e. The zero-order valence-corrected chi connectivity index (χ0v) is 11.1. The molecular weight excluding hydrogens is 258 g/mol. The molecule has 1 aliphatic heterocycles. The Morgan fingerprint density at radius 3 is 2.95 bits per heavy atom. The Kier molecular flexibility index (Phi) is 3.06. The third kappa shape index (κ3) is 1.91. The summed E-state index contributed by atoms with van der Waals surface area (Å²) in [5, 5.41) is 9.65. The molecule has 0 fully saturated rings. The maximum absolute atomic E-state index is 11.8. The molecule has 1 aromatic heterocycles. The first-order valence-corrected chi connectivity index (χ1v) is 6.49. The van der Waals surface area contributed by atoms with Gasteiger partial charge in [-0.05, 0) is 12.0 Å². The fraction of sp³-hybridized carbons (Fsp3) is 0.333. The number of carboxylic acids is 1. The van der Waals surface area contributed by atoms with Crippen LogP contribution in [0.25, 0.3) is 10.9 Å². The molecule has 0 bridgehead atoms. The van der Waals surface area contributed by atoms with Crippen molar-refractivity contribution in [2.75, 3.05) is 13.7 Å². The van der Waals surface area contributed by atoms with E-state index in [0.717, 1.165) is 29.4 Å². The van der Waals surface area contributed by atoms with Gasteiger partial charge in [-0.1, -0.05) is 18.2 Å². The molecule has 0 saturated carbocycles. The van der Waals surface area contributed by atoms with Crippen LogP contribution in [0.1, 0.15) is 15.9 Å². The Balaban J connectivity index is 2.14. The lowest BCUT2D eigenvalue weighted by molar-refractivity contribution is -0.131. The van der Waals surface area contributed by atoms with E-state index in [1.54, 1.807) is 13.3 Å². The Bertz CT molecular complexity index is 701. The third-order valence-electron chi connectivity index (χ3n) is 3.79. The normalized spacial score (nSPS) is 17.4. The lowest BCUT2D eigenvalue weighted by atomic mass is 9.94. The molecule has 2 heterocycles. The number of aromatic nitrogens is 1. The first-order valence-electron chi connectivity index (χ1n) is 6.49. The van der Waals surface area contributed by atoms with E-state index in [-0.39, 0.29) is 5.56 Å². The highest BCUT2D eigenvalue weighted by Gasteiger charge is 2.26. The summed E-state index contributed by atoms with van der Waals surface area (Å²) in [6.45, 7) is 1.39. The van der Waals surface area contributed by atoms with Crippen LogP contribution >= 0.6 is 0 Å². The Morgan fingerprint density at radius 2 is 2.25 bits per heavy atom. The van der Waals surface area contributed by atoms with Crippen LogP contribution in [0.5, 0.6) is 0 Å². The van der Waals surface area contributed by atoms with Gasteiger partial charge >= 0.3 is 5.97 Å². The van der Waals surface area contributed by atoms with Gasteiger partial charge in [-0.2, -0.15) is 0 Å². The van der Waals surface area contributed by atoms with E-state index in [1.807, 2.05) is 22.8 Å². The van der Waals surface area contributed by atoms with Gasteiger partial charge in [-0.15, -0.1) is 0 Å². The van der Waals surface area contributed by atoms with Crippen molar-refractivity contribution in [3.63, 3.8) is 0 Å². The molecule has 5 nitrogen and oxygen atoms in total. The quantitative estimate of drug-likeness (QED) is 0.680. The second kappa shape index (κ2) is 4.76. The van der Waals surface area contributed by atoms with Crippen LogP contribution in [0.4, 0.5) is 0 Å². The molecule has 104 valence electrons. The van der Waals surface area contributed by atoms with E-state index >= 15 is 0 Å². The molecule has 1 aliphatic rings. The van der Waals surface area contributed by atoms with E-state index in [4.69, 9.17) is 9.84 Å². The average molecular weight is 273 g/mol. The van der Waals surface area contributed by atoms with Gasteiger partial charge in [-0.3, -0.25) is 4.79 Å². The molecule has 1 aromatic carbocycles. The van der Waals surface area contributed by atoms with Crippen molar-refractivity contribution in [2.24, 2.45) is 5.92 Å². The number of Topliss-reactive ketones (excluding diaryl/α,β-unsaturated/α-hetero) is 1. The second-order valence-corrected chi connectivity index (χ2v) is 5.17. The van der Waals surface area contributed by atoms with Crippen molar-refractivity contribution >= 4 is 22.7 Å². The lowest BCUT2D eigenvalue weighted by Gasteiger charge is -2.24. The largest absolute Gasteiger partial charge is 0.475 e. The number of para-hydroxylation sites is 1. The first-order chi connectivity index (χ1) is 9.61. The summed E-state index contributed by atoms with van der Waals surface area (Å²) in [4.78, 5) is 22.7. The van der Waals surface area contributed by atoms with E-state index in [2.05, 4.69) is 0 Å². The SMILES string of the molecule is COCC1Cc2cccc3c(C(=O)C(=O)O)cn(c23)C1. The molecule has 3 rings (SSSR count). The number of hydrogen-bond acceptors (Lipinski definition) is 3. The van der Waals surface area contributed by atoms with Gasteiger partial charge in [0.2, 0.25) is 0 Å². The van der Waals surface area contributed by atoms with Crippen molar-refractivity contribution in [2.45, 2.75) is 13.0 Å². The Morgan fingerprint density at radius 1 is 1.45 bits per heavy atom. The predicted molar refractivity (Wildman–Crippen MR) is 73.0 cm³/mol. The Labute approximate surface area is 115 Å². The number of hydrogen-bond donors (Lipinski definition) is 1. The monoisotopic (exact) mass is 273 g/mol. The maximum atomic E-state index is 11.8. The zero-order valence-electron chi connectivity index (χ0n) is 11.1. The highest BCUT2D eigenvalue weighted by atomic mass is 16.5. The molecule has 2 aromatic rings. The zero-order chi connectivity index (χ0) is 14.3. The lowest BCUT2D eigenvalue weighted by Crippen LogP contribution is -2.22. The number of nitrogens with zero attached hydrogens (tertiary/aromatic N) is 1. The maximum Gasteiger partial charge on any atom is 0.377 e. The number of ether oxygens (including phenoxy) is 1. The first kappa shape index (κ1) is 12.9. The summed E-state index contributed by atoms with van der Waals surface area (Å²) < 4.78 is 7.19. The van der Waals surface area contributed by atoms with Gasteiger partial charge in [0.25, 0.3) is 5.78 Å². The number of carbonyl (C=O) groups excluding carboxylic acids is 1. The highest BCUT2D eigenvalue weighted by molar-refractivity contribution is 6.42. The minimum absolute atomic E-state index is 0.271. The number of carboxylic acid groups (broad SMARTS) is 1. The number of benzene rings is 1. The average Bonchev–Trinajstić information content (AvgIpc) is 2.79. The number of carbonyl (C=O) groups is 2. The summed E-state index contributed by atoms with van der Waals surface area (Å²) in [5.41, 5.74) is 2.39. The summed E-state index contributed by atoms with van der Waals surface area (Å²) >= 11 is 0. The summed E-state index contributed by atoms with van der Waals surface area (Å²) in [6.07, 6.45) is 2.54. The fourth-order valence-electron chi connectivity index (χ4n) is 3.04. The fourth-order valence-corrected chi connectivity index (χ4v) is 3.04. The van der Waals surface area contributed by atoms with Gasteiger partial charge in [-0.25, -0.2) is 4.79 Å². The van der Waals surface area contributed by atoms with Gasteiger partial charge in [0.1, 0.15) is 0 Å². The van der Waals surface area contributed by atoms with Gasteiger partial charge in [0.05, 0.1) is 17.7 Å². The highest BCUT2D eigenvalue weighted by Crippen LogP contribution is 2.31. The molecule has 1 atom stereocenters. The van der Waals surface area contributed by atoms with Crippen molar-refractivity contribution < 1.29 is 19.4 Å². The topological polar surface area (TPSA) is 68.5 Å². The second-order valence-electron chi connectivity index (χ2n) is 5.17. The van der Waals surface area contributed by atoms with Crippen LogP contribution in [0.3, 0.4) is 0 Å². The molecule has 0 radical (unpaired) electrons. The van der Waals surface area contributed by atoms with E-state index in [0.29, 0.717) is 12.5 Å². The van der Waals surface area contributed by atoms with Crippen molar-refractivity contribution in [1.82, 2.24) is 4.57 Å². The summed E-state index contributed by atoms with van der Waals surface area (Å²) in [5.74, 6) is -1.92. The molecular formula is C15H15NO4. The summed E-state index contributed by atoms with van der Waals surface area (Å²) in [7, 11) is 1.67. The molecule has 1 N–H and O–H groups in total. The molecule has 0 amide bonds. The van der Waals surface area contributed by atoms with Crippen LogP contribution in [-0.2, 0) is 22.5 Å². The number of ketones is 1. The van der Waals surface area contributed by atoms with Crippen molar-refractivity contribution in [3.05, 3.63) is 35.5 Å². The van der Waals surface area contributed by atoms with Crippen molar-refractivity contribution in [1.29, 1.82) is 0 Å². The van der Waals surface area contributed by atoms with Gasteiger partial charge in [0, 0.05) is 31.2 Å². The molecule has 0 aliphatic carbocycles. The molecule has 5 heteroatoms. The van der Waals surface area contributed by atoms with E-state index in [9.17, 15) is 9.59 Å². The van der Waals surface area contributed by atoms with Crippen LogP contribution in [-0.4, -0.2) is 35.1 Å². The molecule has 1 unspecified atom stereocenters. The molecule has 0 saturated heterocycles. The smallest absolute Gasteiger partial charge is 0.377 e. The predicted octanol–water partition coefficient (Wildman–Crippen LogP) is 1.73. The molecule has 0 spiro atoms. The third-order valence-corrected chi connectivity index (χ3v) is 3.79. The van der Waals surface area contributed by atoms with Gasteiger partial charge < -0.3 is 14.4 Å². The minimum atomic E-state index is -1.41. The number of methoxy groups -OCH3 is 1. The van der Waals surface area contributed by atoms with Gasteiger partial charge in [0.15, 0.2) is 0 Å². The van der Waals surface area contributed by atoms with Crippen LogP contribution in [0.15, 0.2) is 24.4 Å². The van der Waals surface area contributed by atoms with Crippen LogP contribution in [0, 0.1) is 5.92 Å². The summed E-state index contributed by atoms with van der Waals surface area (Å²) in [6, 6.07) is 5.70. The Hall–Kier alpha value is -2.14. The van der Waals surface area contributed by atoms with Crippen LogP contribution < -0.4 is 0 Å². The van der Waals surface area contributed by atoms with E-state index < -0.39 is 11.8 Å². The van der Waals surface area contributed by atoms with Crippen molar-refractivity contribution in [3.8, 4) is 0 Å². The molecule has 20 heavy (non-hydrogen) atoms. The number of aliphatic carboxylic acids is 1. The number of rotatable bonds is 4. The standard InChI is InChI=1S/C15H15NO4/c1-20-8-9-5-10-3-2-4-11-12(14(17)15(18)19)7-16(6-9)13(10)11/h2-4,7,9H,5-6,8H2,1H3,(H,18,19).